The van der Waals surface area contributed by atoms with Gasteiger partial charge in [0.05, 0.1) is 25.2 Å². The zero-order chi connectivity index (χ0) is 14.3. The first kappa shape index (κ1) is 13.4. The normalized spacial score (nSPS) is 25.9. The largest absolute Gasteiger partial charge is 0.777 e. The lowest BCUT2D eigenvalue weighted by Gasteiger charge is -2.23. The maximum atomic E-state index is 11.0. The number of hydrogen-bond acceptors (Lipinski definition) is 7. The van der Waals surface area contributed by atoms with Gasteiger partial charge in [-0.2, -0.15) is 4.98 Å². The van der Waals surface area contributed by atoms with Crippen LogP contribution >= 0.6 is 7.60 Å². The molecule has 0 spiro atoms. The second-order valence-electron chi connectivity index (χ2n) is 4.69. The Morgan fingerprint density at radius 2 is 2.35 bits per heavy atom. The minimum atomic E-state index is -4.44. The summed E-state index contributed by atoms with van der Waals surface area (Å²) in [5.74, 6) is -0.981. The predicted octanol–water partition coefficient (Wildman–Crippen LogP) is -0.541. The molecule has 0 saturated carbocycles. The zero-order valence-electron chi connectivity index (χ0n) is 10.4. The Bertz CT molecular complexity index is 683. The fourth-order valence-electron chi connectivity index (χ4n) is 2.28. The Kier molecular flexibility index (Phi) is 3.21. The van der Waals surface area contributed by atoms with Gasteiger partial charge >= 0.3 is 0 Å². The van der Waals surface area contributed by atoms with Gasteiger partial charge in [-0.05, 0) is 12.8 Å². The van der Waals surface area contributed by atoms with Crippen LogP contribution in [0.4, 0.5) is 5.95 Å². The molecule has 0 radical (unpaired) electrons. The lowest BCUT2D eigenvalue weighted by atomic mass is 10.2. The van der Waals surface area contributed by atoms with Crippen molar-refractivity contribution in [1.29, 1.82) is 0 Å². The maximum absolute atomic E-state index is 11.0. The lowest BCUT2D eigenvalue weighted by molar-refractivity contribution is -0.204. The summed E-state index contributed by atoms with van der Waals surface area (Å²) in [6.07, 6.45) is 3.60. The van der Waals surface area contributed by atoms with Gasteiger partial charge in [0.2, 0.25) is 5.95 Å². The number of ether oxygens (including phenoxy) is 1. The first-order valence-corrected chi connectivity index (χ1v) is 7.70. The molecule has 20 heavy (non-hydrogen) atoms. The van der Waals surface area contributed by atoms with Crippen LogP contribution in [-0.2, 0) is 15.8 Å². The van der Waals surface area contributed by atoms with E-state index in [1.165, 1.54) is 6.20 Å². The molecule has 0 bridgehead atoms. The van der Waals surface area contributed by atoms with Gasteiger partial charge in [0, 0.05) is 0 Å². The van der Waals surface area contributed by atoms with E-state index in [1.54, 1.807) is 10.9 Å². The molecule has 0 amide bonds. The van der Waals surface area contributed by atoms with Crippen LogP contribution in [0.1, 0.15) is 12.8 Å². The Morgan fingerprint density at radius 3 is 3.05 bits per heavy atom. The Hall–Kier alpha value is -1.54. The highest BCUT2D eigenvalue weighted by Crippen LogP contribution is 2.44. The van der Waals surface area contributed by atoms with Crippen LogP contribution < -0.4 is 10.6 Å². The van der Waals surface area contributed by atoms with Crippen molar-refractivity contribution in [2.45, 2.75) is 31.3 Å². The van der Waals surface area contributed by atoms with Crippen LogP contribution in [0.5, 0.6) is 0 Å². The number of nitrogens with zero attached hydrogens (tertiary/aromatic N) is 4. The SMILES string of the molecule is Nc1ncc2ncn(C[C@@H]3CCC(P(=O)([O-])O)O3)c2n1. The van der Waals surface area contributed by atoms with Crippen LogP contribution in [0.15, 0.2) is 12.5 Å². The number of anilines is 1. The number of fused-ring (bicyclic) bond motifs is 1. The molecule has 2 unspecified atom stereocenters. The number of imidazole rings is 1. The van der Waals surface area contributed by atoms with Gasteiger partial charge in [0.25, 0.3) is 0 Å². The second-order valence-corrected chi connectivity index (χ2v) is 6.39. The molecule has 1 aliphatic rings. The number of rotatable bonds is 3. The van der Waals surface area contributed by atoms with Crippen LogP contribution in [-0.4, -0.2) is 36.4 Å². The smallest absolute Gasteiger partial charge is 0.222 e. The summed E-state index contributed by atoms with van der Waals surface area (Å²) < 4.78 is 18.1. The Labute approximate surface area is 114 Å². The summed E-state index contributed by atoms with van der Waals surface area (Å²) in [7, 11) is -4.44. The molecule has 1 aliphatic heterocycles. The molecule has 10 heteroatoms. The van der Waals surface area contributed by atoms with E-state index in [2.05, 4.69) is 15.0 Å². The van der Waals surface area contributed by atoms with Crippen molar-refractivity contribution in [3.8, 4) is 0 Å². The van der Waals surface area contributed by atoms with Crippen molar-refractivity contribution < 1.29 is 19.1 Å². The summed E-state index contributed by atoms with van der Waals surface area (Å²) in [6, 6.07) is 0. The third-order valence-electron chi connectivity index (χ3n) is 3.23. The lowest BCUT2D eigenvalue weighted by Crippen LogP contribution is -2.20. The molecule has 108 valence electrons. The molecule has 9 nitrogen and oxygen atoms in total. The van der Waals surface area contributed by atoms with E-state index < -0.39 is 13.4 Å². The molecule has 1 saturated heterocycles. The van der Waals surface area contributed by atoms with Crippen molar-refractivity contribution in [2.24, 2.45) is 0 Å². The third-order valence-corrected chi connectivity index (χ3v) is 4.33. The van der Waals surface area contributed by atoms with Gasteiger partial charge in [-0.25, -0.2) is 9.97 Å². The number of nitrogen functional groups attached to an aromatic ring is 1. The van der Waals surface area contributed by atoms with Crippen molar-refractivity contribution in [2.75, 3.05) is 5.73 Å². The summed E-state index contributed by atoms with van der Waals surface area (Å²) in [5, 5.41) is 0. The molecule has 3 atom stereocenters. The predicted molar refractivity (Wildman–Crippen MR) is 67.5 cm³/mol. The second kappa shape index (κ2) is 4.78. The monoisotopic (exact) mass is 298 g/mol. The first-order chi connectivity index (χ1) is 9.43. The van der Waals surface area contributed by atoms with Gasteiger partial charge in [0.1, 0.15) is 11.4 Å². The molecule has 1 fully saturated rings. The van der Waals surface area contributed by atoms with E-state index in [9.17, 15) is 9.46 Å². The average Bonchev–Trinajstić information content (AvgIpc) is 2.97. The molecule has 3 heterocycles. The van der Waals surface area contributed by atoms with E-state index in [0.29, 0.717) is 24.1 Å². The molecular formula is C10H13N5O4P-. The summed E-state index contributed by atoms with van der Waals surface area (Å²) in [6.45, 7) is 0.392. The van der Waals surface area contributed by atoms with E-state index >= 15 is 0 Å². The van der Waals surface area contributed by atoms with E-state index in [4.69, 9.17) is 15.4 Å². The fourth-order valence-corrected chi connectivity index (χ4v) is 3.08. The van der Waals surface area contributed by atoms with Crippen LogP contribution in [0, 0.1) is 0 Å². The van der Waals surface area contributed by atoms with E-state index in [0.717, 1.165) is 0 Å². The molecule has 0 aromatic carbocycles. The van der Waals surface area contributed by atoms with Gasteiger partial charge < -0.3 is 29.4 Å². The van der Waals surface area contributed by atoms with Crippen molar-refractivity contribution in [3.05, 3.63) is 12.5 Å². The standard InChI is InChI=1S/C10H14N5O4P/c11-10-12-3-7-9(14-10)15(5-13-7)4-6-1-2-8(19-6)20(16,17)18/h3,5-6,8H,1-2,4H2,(H2,11,12,14)(H2,16,17,18)/p-1/t6-,8?/m0/s1. The fraction of sp³-hybridized carbons (Fsp3) is 0.500. The van der Waals surface area contributed by atoms with E-state index in [-0.39, 0.29) is 18.5 Å². The molecule has 3 N–H and O–H groups in total. The summed E-state index contributed by atoms with van der Waals surface area (Å²) in [5.41, 5.74) is 6.70. The van der Waals surface area contributed by atoms with Crippen molar-refractivity contribution >= 4 is 24.7 Å². The third kappa shape index (κ3) is 2.53. The first-order valence-electron chi connectivity index (χ1n) is 6.06. The minimum absolute atomic E-state index is 0.142. The molecule has 2 aromatic heterocycles. The quantitative estimate of drug-likeness (QED) is 0.720. The highest BCUT2D eigenvalue weighted by atomic mass is 31.2. The number of aromatic nitrogens is 4. The summed E-state index contributed by atoms with van der Waals surface area (Å²) >= 11 is 0. The van der Waals surface area contributed by atoms with Gasteiger partial charge in [-0.15, -0.1) is 0 Å². The average molecular weight is 298 g/mol. The highest BCUT2D eigenvalue weighted by molar-refractivity contribution is 7.50. The molecular weight excluding hydrogens is 285 g/mol. The van der Waals surface area contributed by atoms with Crippen molar-refractivity contribution in [1.82, 2.24) is 19.5 Å². The Balaban J connectivity index is 1.78. The van der Waals surface area contributed by atoms with Gasteiger partial charge in [0.15, 0.2) is 13.2 Å². The zero-order valence-corrected chi connectivity index (χ0v) is 11.3. The molecule has 3 rings (SSSR count). The Morgan fingerprint density at radius 1 is 1.55 bits per heavy atom. The molecule has 2 aromatic rings. The van der Waals surface area contributed by atoms with Crippen LogP contribution in [0.3, 0.4) is 0 Å². The van der Waals surface area contributed by atoms with Gasteiger partial charge in [-0.3, -0.25) is 0 Å². The maximum Gasteiger partial charge on any atom is 0.222 e. The number of nitrogens with two attached hydrogens (primary N) is 1. The topological polar surface area (TPSA) is 139 Å². The summed E-state index contributed by atoms with van der Waals surface area (Å²) in [4.78, 5) is 32.1. The highest BCUT2D eigenvalue weighted by Gasteiger charge is 2.32. The minimum Gasteiger partial charge on any atom is -0.777 e. The van der Waals surface area contributed by atoms with E-state index in [1.807, 2.05) is 0 Å². The van der Waals surface area contributed by atoms with Crippen LogP contribution in [0.25, 0.3) is 11.2 Å². The van der Waals surface area contributed by atoms with Gasteiger partial charge in [-0.1, -0.05) is 0 Å². The molecule has 0 aliphatic carbocycles. The van der Waals surface area contributed by atoms with Crippen LogP contribution in [0.2, 0.25) is 0 Å². The number of hydrogen-bond donors (Lipinski definition) is 2. The van der Waals surface area contributed by atoms with Crippen molar-refractivity contribution in [3.63, 3.8) is 0 Å².